The van der Waals surface area contributed by atoms with E-state index < -0.39 is 0 Å². The fraction of sp³-hybridized carbons (Fsp3) is 0.467. The van der Waals surface area contributed by atoms with E-state index in [-0.39, 0.29) is 11.9 Å². The number of nitrogens with zero attached hydrogens (tertiary/aromatic N) is 3. The average molecular weight is 291 g/mol. The van der Waals surface area contributed by atoms with Gasteiger partial charge in [-0.1, -0.05) is 11.2 Å². The predicted octanol–water partition coefficient (Wildman–Crippen LogP) is 2.40. The number of hydrogen-bond acceptors (Lipinski definition) is 5. The van der Waals surface area contributed by atoms with Crippen LogP contribution in [0.1, 0.15) is 28.9 Å². The summed E-state index contributed by atoms with van der Waals surface area (Å²) in [6.07, 6.45) is 0. The molecule has 0 bridgehead atoms. The lowest BCUT2D eigenvalue weighted by atomic mass is 10.1. The molecule has 1 fully saturated rings. The SMILES string of the molecule is Cc1noc(C2COCCN2Cc2ccc(F)cc2C)n1. The standard InChI is InChI=1S/C15H18FN3O2/c1-10-7-13(16)4-3-12(10)8-19-5-6-20-9-14(19)15-17-11(2)18-21-15/h3-4,7,14H,5-6,8-9H2,1-2H3. The zero-order chi connectivity index (χ0) is 14.8. The van der Waals surface area contributed by atoms with Crippen molar-refractivity contribution in [1.29, 1.82) is 0 Å². The van der Waals surface area contributed by atoms with Crippen molar-refractivity contribution in [3.63, 3.8) is 0 Å². The second-order valence-electron chi connectivity index (χ2n) is 5.31. The van der Waals surface area contributed by atoms with Gasteiger partial charge in [0.05, 0.1) is 13.2 Å². The minimum Gasteiger partial charge on any atom is -0.378 e. The molecule has 21 heavy (non-hydrogen) atoms. The minimum atomic E-state index is -0.206. The summed E-state index contributed by atoms with van der Waals surface area (Å²) in [5.41, 5.74) is 2.04. The molecule has 3 rings (SSSR count). The van der Waals surface area contributed by atoms with Crippen molar-refractivity contribution >= 4 is 0 Å². The Hall–Kier alpha value is -1.79. The Kier molecular flexibility index (Phi) is 3.98. The summed E-state index contributed by atoms with van der Waals surface area (Å²) < 4.78 is 24.0. The van der Waals surface area contributed by atoms with Gasteiger partial charge in [-0.3, -0.25) is 4.90 Å². The average Bonchev–Trinajstić information content (AvgIpc) is 2.89. The molecule has 112 valence electrons. The van der Waals surface area contributed by atoms with Crippen molar-refractivity contribution in [2.45, 2.75) is 26.4 Å². The van der Waals surface area contributed by atoms with Gasteiger partial charge in [0.25, 0.3) is 0 Å². The van der Waals surface area contributed by atoms with Crippen LogP contribution in [-0.4, -0.2) is 34.8 Å². The zero-order valence-corrected chi connectivity index (χ0v) is 12.2. The summed E-state index contributed by atoms with van der Waals surface area (Å²) in [5.74, 6) is 0.989. The number of ether oxygens (including phenoxy) is 1. The number of aromatic nitrogens is 2. The molecule has 1 unspecified atom stereocenters. The van der Waals surface area contributed by atoms with Crippen molar-refractivity contribution in [3.05, 3.63) is 46.9 Å². The van der Waals surface area contributed by atoms with Crippen molar-refractivity contribution in [2.24, 2.45) is 0 Å². The van der Waals surface area contributed by atoms with Crippen LogP contribution in [0.5, 0.6) is 0 Å². The van der Waals surface area contributed by atoms with Crippen LogP contribution in [0.15, 0.2) is 22.7 Å². The molecule has 1 aromatic heterocycles. The molecule has 1 aliphatic rings. The molecule has 0 radical (unpaired) electrons. The molecule has 6 heteroatoms. The molecule has 1 atom stereocenters. The highest BCUT2D eigenvalue weighted by Gasteiger charge is 2.29. The highest BCUT2D eigenvalue weighted by Crippen LogP contribution is 2.25. The topological polar surface area (TPSA) is 51.4 Å². The van der Waals surface area contributed by atoms with E-state index in [0.29, 0.717) is 31.5 Å². The number of aryl methyl sites for hydroxylation is 2. The molecule has 2 aromatic rings. The summed E-state index contributed by atoms with van der Waals surface area (Å²) in [4.78, 5) is 6.54. The van der Waals surface area contributed by atoms with Gasteiger partial charge in [0.15, 0.2) is 5.82 Å². The molecule has 2 heterocycles. The summed E-state index contributed by atoms with van der Waals surface area (Å²) in [5, 5.41) is 3.84. The lowest BCUT2D eigenvalue weighted by molar-refractivity contribution is -0.0241. The number of morpholine rings is 1. The Labute approximate surface area is 122 Å². The molecule has 0 amide bonds. The zero-order valence-electron chi connectivity index (χ0n) is 12.2. The summed E-state index contributed by atoms with van der Waals surface area (Å²) in [6.45, 7) is 6.41. The Morgan fingerprint density at radius 2 is 2.24 bits per heavy atom. The van der Waals surface area contributed by atoms with Crippen LogP contribution < -0.4 is 0 Å². The maximum atomic E-state index is 13.2. The maximum absolute atomic E-state index is 13.2. The molecule has 0 saturated carbocycles. The van der Waals surface area contributed by atoms with E-state index >= 15 is 0 Å². The van der Waals surface area contributed by atoms with E-state index in [4.69, 9.17) is 9.26 Å². The fourth-order valence-electron chi connectivity index (χ4n) is 2.56. The molecular weight excluding hydrogens is 273 g/mol. The van der Waals surface area contributed by atoms with E-state index in [2.05, 4.69) is 15.0 Å². The first kappa shape index (κ1) is 14.2. The third-order valence-electron chi connectivity index (χ3n) is 3.75. The smallest absolute Gasteiger partial charge is 0.246 e. The lowest BCUT2D eigenvalue weighted by Crippen LogP contribution is -2.39. The largest absolute Gasteiger partial charge is 0.378 e. The van der Waals surface area contributed by atoms with Gasteiger partial charge in [0, 0.05) is 13.1 Å². The molecule has 1 aromatic carbocycles. The molecule has 0 aliphatic carbocycles. The summed E-state index contributed by atoms with van der Waals surface area (Å²) in [7, 11) is 0. The molecule has 1 aliphatic heterocycles. The number of rotatable bonds is 3. The van der Waals surface area contributed by atoms with E-state index in [0.717, 1.165) is 17.7 Å². The van der Waals surface area contributed by atoms with Gasteiger partial charge >= 0.3 is 0 Å². The van der Waals surface area contributed by atoms with E-state index in [1.165, 1.54) is 6.07 Å². The molecule has 5 nitrogen and oxygen atoms in total. The Bertz CT molecular complexity index is 629. The Morgan fingerprint density at radius 3 is 2.95 bits per heavy atom. The van der Waals surface area contributed by atoms with Crippen LogP contribution in [-0.2, 0) is 11.3 Å². The third-order valence-corrected chi connectivity index (χ3v) is 3.75. The Balaban J connectivity index is 1.81. The molecule has 0 N–H and O–H groups in total. The van der Waals surface area contributed by atoms with Gasteiger partial charge in [-0.15, -0.1) is 0 Å². The number of halogens is 1. The van der Waals surface area contributed by atoms with Gasteiger partial charge in [0.1, 0.15) is 11.9 Å². The third kappa shape index (κ3) is 3.11. The quantitative estimate of drug-likeness (QED) is 0.869. The van der Waals surface area contributed by atoms with Crippen molar-refractivity contribution in [1.82, 2.24) is 15.0 Å². The summed E-state index contributed by atoms with van der Waals surface area (Å²) >= 11 is 0. The van der Waals surface area contributed by atoms with Crippen LogP contribution >= 0.6 is 0 Å². The van der Waals surface area contributed by atoms with Gasteiger partial charge in [-0.2, -0.15) is 4.98 Å². The number of benzene rings is 1. The van der Waals surface area contributed by atoms with Crippen LogP contribution in [0, 0.1) is 19.7 Å². The predicted molar refractivity (Wildman–Crippen MR) is 74.1 cm³/mol. The highest BCUT2D eigenvalue weighted by atomic mass is 19.1. The van der Waals surface area contributed by atoms with E-state index in [1.54, 1.807) is 13.0 Å². The monoisotopic (exact) mass is 291 g/mol. The van der Waals surface area contributed by atoms with E-state index in [1.807, 2.05) is 13.0 Å². The van der Waals surface area contributed by atoms with Crippen LogP contribution in [0.4, 0.5) is 4.39 Å². The van der Waals surface area contributed by atoms with E-state index in [9.17, 15) is 4.39 Å². The first-order chi connectivity index (χ1) is 10.1. The van der Waals surface area contributed by atoms with Crippen molar-refractivity contribution in [3.8, 4) is 0 Å². The lowest BCUT2D eigenvalue weighted by Gasteiger charge is -2.33. The first-order valence-corrected chi connectivity index (χ1v) is 7.00. The fourth-order valence-corrected chi connectivity index (χ4v) is 2.56. The van der Waals surface area contributed by atoms with Crippen molar-refractivity contribution in [2.75, 3.05) is 19.8 Å². The van der Waals surface area contributed by atoms with Gasteiger partial charge in [-0.25, -0.2) is 4.39 Å². The second-order valence-corrected chi connectivity index (χ2v) is 5.31. The second kappa shape index (κ2) is 5.91. The number of hydrogen-bond donors (Lipinski definition) is 0. The summed E-state index contributed by atoms with van der Waals surface area (Å²) in [6, 6.07) is 4.83. The minimum absolute atomic E-state index is 0.0515. The Morgan fingerprint density at radius 1 is 1.38 bits per heavy atom. The van der Waals surface area contributed by atoms with Crippen molar-refractivity contribution < 1.29 is 13.7 Å². The van der Waals surface area contributed by atoms with Gasteiger partial charge in [-0.05, 0) is 37.1 Å². The highest BCUT2D eigenvalue weighted by molar-refractivity contribution is 5.26. The molecule has 1 saturated heterocycles. The van der Waals surface area contributed by atoms with Crippen LogP contribution in [0.2, 0.25) is 0 Å². The van der Waals surface area contributed by atoms with Crippen LogP contribution in [0.25, 0.3) is 0 Å². The molecule has 0 spiro atoms. The maximum Gasteiger partial charge on any atom is 0.246 e. The first-order valence-electron chi connectivity index (χ1n) is 7.00. The van der Waals surface area contributed by atoms with Crippen LogP contribution in [0.3, 0.4) is 0 Å². The molecular formula is C15H18FN3O2. The van der Waals surface area contributed by atoms with Gasteiger partial charge in [0.2, 0.25) is 5.89 Å². The normalized spacial score (nSPS) is 19.9. The van der Waals surface area contributed by atoms with Gasteiger partial charge < -0.3 is 9.26 Å².